The van der Waals surface area contributed by atoms with Gasteiger partial charge in [0.2, 0.25) is 0 Å². The van der Waals surface area contributed by atoms with E-state index in [1.807, 2.05) is 0 Å². The third kappa shape index (κ3) is 3.85. The van der Waals surface area contributed by atoms with Gasteiger partial charge in [-0.1, -0.05) is 44.2 Å². The van der Waals surface area contributed by atoms with Gasteiger partial charge in [-0.05, 0) is 48.3 Å². The number of pyridine rings is 1. The molecule has 1 aromatic heterocycles. The van der Waals surface area contributed by atoms with Gasteiger partial charge < -0.3 is 9.64 Å². The van der Waals surface area contributed by atoms with Crippen molar-refractivity contribution in [2.24, 2.45) is 5.92 Å². The Morgan fingerprint density at radius 3 is 2.63 bits per heavy atom. The number of ether oxygens (including phenoxy) is 1. The molecule has 0 radical (unpaired) electrons. The van der Waals surface area contributed by atoms with Gasteiger partial charge in [-0.2, -0.15) is 0 Å². The van der Waals surface area contributed by atoms with Gasteiger partial charge in [0.1, 0.15) is 11.4 Å². The third-order valence-electron chi connectivity index (χ3n) is 5.78. The van der Waals surface area contributed by atoms with E-state index in [4.69, 9.17) is 9.72 Å². The second-order valence-electron chi connectivity index (χ2n) is 8.07. The zero-order chi connectivity index (χ0) is 18.8. The average Bonchev–Trinajstić information content (AvgIpc) is 2.69. The highest BCUT2D eigenvalue weighted by Crippen LogP contribution is 2.32. The first-order valence-electron chi connectivity index (χ1n) is 10.1. The monoisotopic (exact) mass is 364 g/mol. The summed E-state index contributed by atoms with van der Waals surface area (Å²) in [5, 5.41) is 0. The highest BCUT2D eigenvalue weighted by molar-refractivity contribution is 5.97. The van der Waals surface area contributed by atoms with Crippen LogP contribution in [0.5, 0.6) is 0 Å². The van der Waals surface area contributed by atoms with Crippen LogP contribution in [0, 0.1) is 5.92 Å². The molecule has 2 aromatic rings. The van der Waals surface area contributed by atoms with Crippen molar-refractivity contribution in [2.45, 2.75) is 45.4 Å². The zero-order valence-electron chi connectivity index (χ0n) is 16.3. The van der Waals surface area contributed by atoms with Crippen molar-refractivity contribution in [2.75, 3.05) is 24.6 Å². The van der Waals surface area contributed by atoms with Crippen LogP contribution in [0.25, 0.3) is 0 Å². The minimum absolute atomic E-state index is 0.208. The highest BCUT2D eigenvalue weighted by atomic mass is 16.5. The molecule has 0 aliphatic carbocycles. The summed E-state index contributed by atoms with van der Waals surface area (Å²) in [6, 6.07) is 12.8. The number of carbonyl (C=O) groups excluding carboxylic acids is 1. The lowest BCUT2D eigenvalue weighted by Gasteiger charge is -2.35. The molecule has 4 nitrogen and oxygen atoms in total. The summed E-state index contributed by atoms with van der Waals surface area (Å²) in [4.78, 5) is 19.6. The van der Waals surface area contributed by atoms with Crippen LogP contribution in [-0.4, -0.2) is 30.6 Å². The van der Waals surface area contributed by atoms with Crippen LogP contribution in [0.1, 0.15) is 59.8 Å². The molecule has 1 saturated heterocycles. The fourth-order valence-electron chi connectivity index (χ4n) is 4.17. The second-order valence-corrected chi connectivity index (χ2v) is 8.07. The van der Waals surface area contributed by atoms with Gasteiger partial charge in [0.05, 0.1) is 6.61 Å². The van der Waals surface area contributed by atoms with Gasteiger partial charge in [0.15, 0.2) is 0 Å². The minimum atomic E-state index is -0.208. The van der Waals surface area contributed by atoms with Crippen LogP contribution in [0.2, 0.25) is 0 Å². The number of carbonyl (C=O) groups is 1. The molecule has 0 N–H and O–H groups in total. The summed E-state index contributed by atoms with van der Waals surface area (Å²) in [5.41, 5.74) is 4.29. The first-order valence-corrected chi connectivity index (χ1v) is 10.1. The van der Waals surface area contributed by atoms with Crippen LogP contribution in [0.3, 0.4) is 0 Å². The number of aromatic nitrogens is 1. The lowest BCUT2D eigenvalue weighted by Crippen LogP contribution is -2.37. The Hall–Kier alpha value is -2.36. The van der Waals surface area contributed by atoms with E-state index in [9.17, 15) is 4.79 Å². The number of hydrogen-bond donors (Lipinski definition) is 0. The summed E-state index contributed by atoms with van der Waals surface area (Å²) < 4.78 is 5.33. The van der Waals surface area contributed by atoms with E-state index in [1.54, 1.807) is 0 Å². The van der Waals surface area contributed by atoms with E-state index in [0.29, 0.717) is 24.0 Å². The number of nitrogens with zero attached hydrogens (tertiary/aromatic N) is 2. The van der Waals surface area contributed by atoms with Crippen molar-refractivity contribution in [3.8, 4) is 0 Å². The zero-order valence-corrected chi connectivity index (χ0v) is 16.3. The maximum atomic E-state index is 12.4. The number of cyclic esters (lactones) is 1. The molecular formula is C23H28N2O2. The number of anilines is 1. The second kappa shape index (κ2) is 7.71. The molecule has 142 valence electrons. The third-order valence-corrected chi connectivity index (χ3v) is 5.78. The highest BCUT2D eigenvalue weighted by Gasteiger charge is 2.30. The summed E-state index contributed by atoms with van der Waals surface area (Å²) in [6.45, 7) is 6.70. The van der Waals surface area contributed by atoms with E-state index in [1.165, 1.54) is 5.56 Å². The Labute approximate surface area is 161 Å². The van der Waals surface area contributed by atoms with E-state index < -0.39 is 0 Å². The van der Waals surface area contributed by atoms with Crippen LogP contribution in [-0.2, 0) is 17.6 Å². The quantitative estimate of drug-likeness (QED) is 0.755. The molecule has 0 saturated carbocycles. The molecule has 4 rings (SSSR count). The first-order chi connectivity index (χ1) is 13.1. The van der Waals surface area contributed by atoms with Gasteiger partial charge in [-0.15, -0.1) is 0 Å². The molecule has 0 atom stereocenters. The fourth-order valence-corrected chi connectivity index (χ4v) is 4.17. The number of hydrogen-bond acceptors (Lipinski definition) is 4. The molecule has 0 amide bonds. The molecule has 0 bridgehead atoms. The molecule has 2 aliphatic rings. The molecule has 0 spiro atoms. The fraction of sp³-hybridized carbons (Fsp3) is 0.478. The number of benzene rings is 1. The minimum Gasteiger partial charge on any atom is -0.462 e. The normalized spacial score (nSPS) is 17.7. The van der Waals surface area contributed by atoms with Crippen LogP contribution in [0.15, 0.2) is 36.4 Å². The van der Waals surface area contributed by atoms with Gasteiger partial charge in [0, 0.05) is 25.2 Å². The maximum absolute atomic E-state index is 12.4. The van der Waals surface area contributed by atoms with E-state index in [-0.39, 0.29) is 5.97 Å². The topological polar surface area (TPSA) is 42.4 Å². The largest absolute Gasteiger partial charge is 0.462 e. The van der Waals surface area contributed by atoms with Crippen molar-refractivity contribution >= 4 is 11.8 Å². The number of fused-ring (bicyclic) bond motifs is 1. The van der Waals surface area contributed by atoms with Gasteiger partial charge in [-0.25, -0.2) is 9.78 Å². The predicted molar refractivity (Wildman–Crippen MR) is 107 cm³/mol. The molecule has 1 aromatic carbocycles. The van der Waals surface area contributed by atoms with Crippen molar-refractivity contribution < 1.29 is 9.53 Å². The molecule has 3 heterocycles. The summed E-state index contributed by atoms with van der Waals surface area (Å²) >= 11 is 0. The van der Waals surface area contributed by atoms with Crippen LogP contribution >= 0.6 is 0 Å². The number of rotatable bonds is 4. The van der Waals surface area contributed by atoms with Gasteiger partial charge in [0.25, 0.3) is 0 Å². The van der Waals surface area contributed by atoms with Gasteiger partial charge >= 0.3 is 5.97 Å². The van der Waals surface area contributed by atoms with Crippen molar-refractivity contribution in [1.29, 1.82) is 0 Å². The van der Waals surface area contributed by atoms with Crippen molar-refractivity contribution in [3.05, 3.63) is 58.8 Å². The van der Waals surface area contributed by atoms with E-state index in [2.05, 4.69) is 55.1 Å². The first kappa shape index (κ1) is 18.0. The Morgan fingerprint density at radius 2 is 1.93 bits per heavy atom. The molecule has 4 heteroatoms. The Balaban J connectivity index is 1.54. The van der Waals surface area contributed by atoms with Crippen molar-refractivity contribution in [3.63, 3.8) is 0 Å². The molecule has 2 aliphatic heterocycles. The molecule has 27 heavy (non-hydrogen) atoms. The van der Waals surface area contributed by atoms with Crippen molar-refractivity contribution in [1.82, 2.24) is 4.98 Å². The lowest BCUT2D eigenvalue weighted by molar-refractivity contribution is 0.0480. The van der Waals surface area contributed by atoms with E-state index >= 15 is 0 Å². The standard InChI is InChI=1S/C23H28N2O2/c1-16(2)20-15-19-10-13-27-23(26)21(19)22(24-20)25-11-8-18(9-12-25)14-17-6-4-3-5-7-17/h3-7,15-16,18H,8-14H2,1-2H3. The van der Waals surface area contributed by atoms with Gasteiger partial charge in [-0.3, -0.25) is 0 Å². The summed E-state index contributed by atoms with van der Waals surface area (Å²) in [6.07, 6.45) is 4.19. The maximum Gasteiger partial charge on any atom is 0.342 e. The molecular weight excluding hydrogens is 336 g/mol. The lowest BCUT2D eigenvalue weighted by atomic mass is 9.89. The Morgan fingerprint density at radius 1 is 1.19 bits per heavy atom. The predicted octanol–water partition coefficient (Wildman–Crippen LogP) is 4.38. The summed E-state index contributed by atoms with van der Waals surface area (Å²) in [5.74, 6) is 1.68. The Bertz CT molecular complexity index is 809. The SMILES string of the molecule is CC(C)c1cc2c(c(N3CCC(Cc4ccccc4)CC3)n1)C(=O)OCC2. The van der Waals surface area contributed by atoms with E-state index in [0.717, 1.165) is 55.8 Å². The molecule has 1 fully saturated rings. The smallest absolute Gasteiger partial charge is 0.342 e. The average molecular weight is 364 g/mol. The van der Waals surface area contributed by atoms with Crippen LogP contribution in [0.4, 0.5) is 5.82 Å². The number of esters is 1. The summed E-state index contributed by atoms with van der Waals surface area (Å²) in [7, 11) is 0. The Kier molecular flexibility index (Phi) is 5.15. The van der Waals surface area contributed by atoms with Crippen LogP contribution < -0.4 is 4.90 Å². The number of piperidine rings is 1. The molecule has 0 unspecified atom stereocenters.